The Balaban J connectivity index is 1.38. The average Bonchev–Trinajstić information content (AvgIpc) is 2.74. The molecule has 2 saturated heterocycles. The summed E-state index contributed by atoms with van der Waals surface area (Å²) in [6.45, 7) is 3.13. The molecule has 1 aromatic carbocycles. The summed E-state index contributed by atoms with van der Waals surface area (Å²) in [4.78, 5) is 31.5. The van der Waals surface area contributed by atoms with Crippen molar-refractivity contribution in [3.05, 3.63) is 53.1 Å². The molecular formula is C22H28N4O2. The first-order valence-corrected chi connectivity index (χ1v) is 10.3. The normalized spacial score (nSPS) is 22.4. The summed E-state index contributed by atoms with van der Waals surface area (Å²) in [5.74, 6) is 0.410. The summed E-state index contributed by atoms with van der Waals surface area (Å²) in [5, 5.41) is 3.07. The molecule has 0 spiro atoms. The lowest BCUT2D eigenvalue weighted by molar-refractivity contribution is -0.122. The van der Waals surface area contributed by atoms with E-state index in [-0.39, 0.29) is 18.0 Å². The third-order valence-electron chi connectivity index (χ3n) is 6.05. The smallest absolute Gasteiger partial charge is 0.269 e. The van der Waals surface area contributed by atoms with Crippen molar-refractivity contribution in [2.75, 3.05) is 19.6 Å². The van der Waals surface area contributed by atoms with Crippen LogP contribution in [0.25, 0.3) is 11.3 Å². The van der Waals surface area contributed by atoms with Gasteiger partial charge in [-0.1, -0.05) is 36.8 Å². The molecule has 2 atom stereocenters. The minimum Gasteiger partial charge on any atom is -0.354 e. The monoisotopic (exact) mass is 380 g/mol. The summed E-state index contributed by atoms with van der Waals surface area (Å²) < 4.78 is 1.44. The minimum absolute atomic E-state index is 0.0300. The summed E-state index contributed by atoms with van der Waals surface area (Å²) in [6, 6.07) is 10.3. The molecule has 1 aromatic heterocycles. The van der Waals surface area contributed by atoms with Gasteiger partial charge in [0.2, 0.25) is 5.91 Å². The SMILES string of the molecule is O=C(Cn1cc(-c2ccccc2)ncc1=O)NC[C@H]1CCCN2CCCC[C@@H]12. The van der Waals surface area contributed by atoms with Gasteiger partial charge in [-0.3, -0.25) is 9.59 Å². The van der Waals surface area contributed by atoms with Gasteiger partial charge in [0.05, 0.1) is 11.9 Å². The topological polar surface area (TPSA) is 67.2 Å². The van der Waals surface area contributed by atoms with Crippen LogP contribution >= 0.6 is 0 Å². The van der Waals surface area contributed by atoms with Crippen molar-refractivity contribution in [2.24, 2.45) is 5.92 Å². The van der Waals surface area contributed by atoms with Gasteiger partial charge in [-0.2, -0.15) is 0 Å². The zero-order valence-corrected chi connectivity index (χ0v) is 16.2. The van der Waals surface area contributed by atoms with Gasteiger partial charge in [0.25, 0.3) is 5.56 Å². The van der Waals surface area contributed by atoms with E-state index in [0.717, 1.165) is 5.56 Å². The van der Waals surface area contributed by atoms with E-state index in [0.29, 0.717) is 24.2 Å². The van der Waals surface area contributed by atoms with Crippen molar-refractivity contribution >= 4 is 5.91 Å². The first kappa shape index (κ1) is 18.9. The first-order chi connectivity index (χ1) is 13.7. The lowest BCUT2D eigenvalue weighted by Gasteiger charge is -2.44. The predicted octanol–water partition coefficient (Wildman–Crippen LogP) is 2.29. The highest BCUT2D eigenvalue weighted by Gasteiger charge is 2.32. The van der Waals surface area contributed by atoms with Crippen LogP contribution in [0.4, 0.5) is 0 Å². The van der Waals surface area contributed by atoms with Crippen molar-refractivity contribution in [3.63, 3.8) is 0 Å². The molecule has 1 N–H and O–H groups in total. The molecule has 0 bridgehead atoms. The molecule has 6 nitrogen and oxygen atoms in total. The lowest BCUT2D eigenvalue weighted by Crippen LogP contribution is -2.51. The number of carbonyl (C=O) groups excluding carboxylic acids is 1. The fraction of sp³-hybridized carbons (Fsp3) is 0.500. The average molecular weight is 380 g/mol. The van der Waals surface area contributed by atoms with E-state index in [9.17, 15) is 9.59 Å². The second-order valence-electron chi connectivity index (χ2n) is 7.91. The van der Waals surface area contributed by atoms with Crippen molar-refractivity contribution < 1.29 is 4.79 Å². The second-order valence-corrected chi connectivity index (χ2v) is 7.91. The zero-order valence-electron chi connectivity index (χ0n) is 16.2. The fourth-order valence-corrected chi connectivity index (χ4v) is 4.60. The van der Waals surface area contributed by atoms with Crippen LogP contribution in [-0.4, -0.2) is 46.0 Å². The van der Waals surface area contributed by atoms with E-state index in [1.54, 1.807) is 6.20 Å². The van der Waals surface area contributed by atoms with E-state index in [4.69, 9.17) is 0 Å². The number of piperidine rings is 2. The highest BCUT2D eigenvalue weighted by Crippen LogP contribution is 2.30. The van der Waals surface area contributed by atoms with E-state index in [1.807, 2.05) is 30.3 Å². The molecule has 4 rings (SSSR count). The Morgan fingerprint density at radius 1 is 1.11 bits per heavy atom. The van der Waals surface area contributed by atoms with Gasteiger partial charge in [0.15, 0.2) is 0 Å². The Bertz CT molecular complexity index is 862. The maximum atomic E-state index is 12.5. The van der Waals surface area contributed by atoms with Crippen molar-refractivity contribution in [1.29, 1.82) is 0 Å². The van der Waals surface area contributed by atoms with E-state index >= 15 is 0 Å². The Hall–Kier alpha value is -2.47. The van der Waals surface area contributed by atoms with Gasteiger partial charge in [0, 0.05) is 24.3 Å². The number of fused-ring (bicyclic) bond motifs is 1. The highest BCUT2D eigenvalue weighted by molar-refractivity contribution is 5.75. The van der Waals surface area contributed by atoms with Gasteiger partial charge in [-0.25, -0.2) is 4.98 Å². The molecule has 148 valence electrons. The number of carbonyl (C=O) groups is 1. The van der Waals surface area contributed by atoms with Crippen LogP contribution in [0.15, 0.2) is 47.5 Å². The lowest BCUT2D eigenvalue weighted by atomic mass is 9.83. The zero-order chi connectivity index (χ0) is 19.3. The van der Waals surface area contributed by atoms with Crippen LogP contribution in [-0.2, 0) is 11.3 Å². The van der Waals surface area contributed by atoms with Crippen LogP contribution in [0.1, 0.15) is 32.1 Å². The van der Waals surface area contributed by atoms with Crippen molar-refractivity contribution in [3.8, 4) is 11.3 Å². The van der Waals surface area contributed by atoms with Gasteiger partial charge >= 0.3 is 0 Å². The van der Waals surface area contributed by atoms with E-state index in [1.165, 1.54) is 56.0 Å². The second kappa shape index (κ2) is 8.69. The van der Waals surface area contributed by atoms with Gasteiger partial charge in [-0.15, -0.1) is 0 Å². The van der Waals surface area contributed by atoms with Gasteiger partial charge in [0.1, 0.15) is 6.54 Å². The van der Waals surface area contributed by atoms with Crippen molar-refractivity contribution in [1.82, 2.24) is 19.8 Å². The molecule has 0 aliphatic carbocycles. The third kappa shape index (κ3) is 4.33. The Kier molecular flexibility index (Phi) is 5.86. The highest BCUT2D eigenvalue weighted by atomic mass is 16.2. The number of hydrogen-bond donors (Lipinski definition) is 1. The number of rotatable bonds is 5. The number of amides is 1. The molecule has 2 aliphatic rings. The molecule has 2 aliphatic heterocycles. The Morgan fingerprint density at radius 3 is 2.79 bits per heavy atom. The molecule has 28 heavy (non-hydrogen) atoms. The van der Waals surface area contributed by atoms with Crippen molar-refractivity contribution in [2.45, 2.75) is 44.7 Å². The molecular weight excluding hydrogens is 352 g/mol. The molecule has 6 heteroatoms. The van der Waals surface area contributed by atoms with Crippen LogP contribution in [0.5, 0.6) is 0 Å². The quantitative estimate of drug-likeness (QED) is 0.864. The van der Waals surface area contributed by atoms with Crippen LogP contribution in [0.2, 0.25) is 0 Å². The number of nitrogens with one attached hydrogen (secondary N) is 1. The van der Waals surface area contributed by atoms with E-state index < -0.39 is 0 Å². The molecule has 1 amide bonds. The maximum Gasteiger partial charge on any atom is 0.269 e. The summed E-state index contributed by atoms with van der Waals surface area (Å²) in [5.41, 5.74) is 1.36. The van der Waals surface area contributed by atoms with E-state index in [2.05, 4.69) is 15.2 Å². The summed E-state index contributed by atoms with van der Waals surface area (Å²) >= 11 is 0. The largest absolute Gasteiger partial charge is 0.354 e. The molecule has 0 radical (unpaired) electrons. The molecule has 3 heterocycles. The third-order valence-corrected chi connectivity index (χ3v) is 6.05. The number of hydrogen-bond acceptors (Lipinski definition) is 4. The van der Waals surface area contributed by atoms with Crippen LogP contribution in [0, 0.1) is 5.92 Å². The Labute approximate surface area is 165 Å². The molecule has 2 aromatic rings. The molecule has 0 unspecified atom stereocenters. The minimum atomic E-state index is -0.258. The predicted molar refractivity (Wildman–Crippen MR) is 109 cm³/mol. The molecule has 2 fully saturated rings. The van der Waals surface area contributed by atoms with Gasteiger partial charge in [-0.05, 0) is 44.7 Å². The maximum absolute atomic E-state index is 12.5. The summed E-state index contributed by atoms with van der Waals surface area (Å²) in [7, 11) is 0. The number of nitrogens with zero attached hydrogens (tertiary/aromatic N) is 3. The first-order valence-electron chi connectivity index (χ1n) is 10.3. The van der Waals surface area contributed by atoms with Gasteiger partial charge < -0.3 is 14.8 Å². The Morgan fingerprint density at radius 2 is 1.93 bits per heavy atom. The summed E-state index contributed by atoms with van der Waals surface area (Å²) in [6.07, 6.45) is 9.17. The number of benzene rings is 1. The van der Waals surface area contributed by atoms with Crippen LogP contribution in [0.3, 0.4) is 0 Å². The van der Waals surface area contributed by atoms with Crippen LogP contribution < -0.4 is 10.9 Å². The number of aromatic nitrogens is 2. The molecule has 0 saturated carbocycles. The standard InChI is InChI=1S/C22H28N4O2/c27-21(24-13-18-9-6-12-25-11-5-4-10-20(18)25)16-26-15-19(23-14-22(26)28)17-7-2-1-3-8-17/h1-3,7-8,14-15,18,20H,4-6,9-13,16H2,(H,24,27)/t18-,20+/m1/s1. The fourth-order valence-electron chi connectivity index (χ4n) is 4.60.